The number of ether oxygens (including phenoxy) is 1. The second kappa shape index (κ2) is 8.11. The molecule has 0 saturated carbocycles. The fourth-order valence-corrected chi connectivity index (χ4v) is 4.27. The molecule has 0 saturated heterocycles. The number of amides is 1. The summed E-state index contributed by atoms with van der Waals surface area (Å²) in [6, 6.07) is 27.5. The number of nitrogens with zero attached hydrogens (tertiary/aromatic N) is 2. The molecule has 3 aromatic carbocycles. The summed E-state index contributed by atoms with van der Waals surface area (Å²) in [6.45, 7) is 1.24. The Morgan fingerprint density at radius 1 is 0.935 bits per heavy atom. The zero-order valence-electron chi connectivity index (χ0n) is 17.3. The third-order valence-electron chi connectivity index (χ3n) is 5.69. The van der Waals surface area contributed by atoms with Gasteiger partial charge in [-0.2, -0.15) is 0 Å². The Hall–Kier alpha value is -3.86. The molecule has 1 unspecified atom stereocenters. The van der Waals surface area contributed by atoms with Gasteiger partial charge in [0, 0.05) is 23.4 Å². The van der Waals surface area contributed by atoms with Crippen molar-refractivity contribution >= 4 is 17.3 Å². The summed E-state index contributed by atoms with van der Waals surface area (Å²) in [5, 5.41) is 3.36. The van der Waals surface area contributed by atoms with Crippen molar-refractivity contribution in [3.63, 3.8) is 0 Å². The highest BCUT2D eigenvalue weighted by Crippen LogP contribution is 2.42. The van der Waals surface area contributed by atoms with Crippen LogP contribution in [-0.2, 0) is 4.79 Å². The Morgan fingerprint density at radius 2 is 1.61 bits per heavy atom. The molecule has 31 heavy (non-hydrogen) atoms. The summed E-state index contributed by atoms with van der Waals surface area (Å²) in [7, 11) is 1.65. The average Bonchev–Trinajstić information content (AvgIpc) is 2.97. The van der Waals surface area contributed by atoms with Crippen molar-refractivity contribution in [2.75, 3.05) is 25.1 Å². The third kappa shape index (κ3) is 3.38. The molecule has 1 atom stereocenters. The number of aliphatic imine (C=N–C) groups is 1. The largest absolute Gasteiger partial charge is 0.497 e. The topological polar surface area (TPSA) is 53.9 Å². The maximum Gasteiger partial charge on any atom is 0.275 e. The van der Waals surface area contributed by atoms with E-state index >= 15 is 0 Å². The highest BCUT2D eigenvalue weighted by molar-refractivity contribution is 6.23. The lowest BCUT2D eigenvalue weighted by Crippen LogP contribution is -2.33. The number of carbonyl (C=O) groups is 1. The Labute approximate surface area is 181 Å². The minimum absolute atomic E-state index is 0.0347. The third-order valence-corrected chi connectivity index (χ3v) is 5.69. The van der Waals surface area contributed by atoms with Crippen LogP contribution in [-0.4, -0.2) is 31.8 Å². The number of nitrogens with one attached hydrogen (secondary N) is 1. The monoisotopic (exact) mass is 409 g/mol. The number of methoxy groups -OCH3 is 1. The molecule has 5 nitrogen and oxygen atoms in total. The molecular weight excluding hydrogens is 386 g/mol. The van der Waals surface area contributed by atoms with Gasteiger partial charge in [0.1, 0.15) is 11.4 Å². The van der Waals surface area contributed by atoms with Gasteiger partial charge in [0.05, 0.1) is 25.4 Å². The fourth-order valence-electron chi connectivity index (χ4n) is 4.27. The summed E-state index contributed by atoms with van der Waals surface area (Å²) < 4.78 is 5.35. The van der Waals surface area contributed by atoms with Crippen molar-refractivity contribution in [2.45, 2.75) is 6.04 Å². The van der Waals surface area contributed by atoms with Crippen molar-refractivity contribution < 1.29 is 9.53 Å². The van der Waals surface area contributed by atoms with Crippen LogP contribution in [0.15, 0.2) is 101 Å². The summed E-state index contributed by atoms with van der Waals surface area (Å²) in [5.74, 6) is 0.747. The first kappa shape index (κ1) is 19.1. The zero-order valence-corrected chi connectivity index (χ0v) is 17.3. The fraction of sp³-hybridized carbons (Fsp3) is 0.154. The SMILES string of the molecule is COc1ccc(C2C3=C(NCCN=C3c3ccccc3)C(=O)N2c2ccccc2)cc1. The van der Waals surface area contributed by atoms with Crippen LogP contribution in [0.5, 0.6) is 5.75 Å². The Morgan fingerprint density at radius 3 is 2.29 bits per heavy atom. The molecule has 2 heterocycles. The molecule has 0 aliphatic carbocycles. The van der Waals surface area contributed by atoms with E-state index in [1.165, 1.54) is 0 Å². The first-order valence-corrected chi connectivity index (χ1v) is 10.4. The van der Waals surface area contributed by atoms with E-state index in [9.17, 15) is 4.79 Å². The molecule has 0 spiro atoms. The van der Waals surface area contributed by atoms with Gasteiger partial charge in [0.15, 0.2) is 0 Å². The molecule has 5 heteroatoms. The van der Waals surface area contributed by atoms with Gasteiger partial charge in [-0.3, -0.25) is 14.7 Å². The number of rotatable bonds is 4. The number of carbonyl (C=O) groups excluding carboxylic acids is 1. The Kier molecular flexibility index (Phi) is 5.00. The molecule has 0 bridgehead atoms. The van der Waals surface area contributed by atoms with Gasteiger partial charge < -0.3 is 10.1 Å². The standard InChI is InChI=1S/C26H23N3O2/c1-31-21-14-12-19(13-15-21)25-22-23(18-8-4-2-5-9-18)27-16-17-28-24(22)26(30)29(25)20-10-6-3-7-11-20/h2-15,25,28H,16-17H2,1H3. The number of anilines is 1. The number of hydrogen-bond acceptors (Lipinski definition) is 4. The summed E-state index contributed by atoms with van der Waals surface area (Å²) in [4.78, 5) is 20.5. The van der Waals surface area contributed by atoms with Crippen LogP contribution in [0.25, 0.3) is 0 Å². The first-order chi connectivity index (χ1) is 15.3. The van der Waals surface area contributed by atoms with Crippen molar-refractivity contribution in [3.8, 4) is 5.75 Å². The van der Waals surface area contributed by atoms with Crippen molar-refractivity contribution in [3.05, 3.63) is 107 Å². The quantitative estimate of drug-likeness (QED) is 0.705. The molecule has 2 aliphatic heterocycles. The molecule has 0 fully saturated rings. The van der Waals surface area contributed by atoms with E-state index in [1.807, 2.05) is 77.7 Å². The lowest BCUT2D eigenvalue weighted by atomic mass is 9.91. The van der Waals surface area contributed by atoms with E-state index in [0.29, 0.717) is 18.8 Å². The summed E-state index contributed by atoms with van der Waals surface area (Å²) >= 11 is 0. The molecule has 2 aliphatic rings. The predicted octanol–water partition coefficient (Wildman–Crippen LogP) is 4.13. The van der Waals surface area contributed by atoms with E-state index < -0.39 is 0 Å². The summed E-state index contributed by atoms with van der Waals surface area (Å²) in [5.41, 5.74) is 5.30. The molecule has 5 rings (SSSR count). The van der Waals surface area contributed by atoms with Gasteiger partial charge in [-0.1, -0.05) is 60.7 Å². The molecule has 154 valence electrons. The van der Waals surface area contributed by atoms with E-state index in [2.05, 4.69) is 17.4 Å². The van der Waals surface area contributed by atoms with Gasteiger partial charge in [-0.15, -0.1) is 0 Å². The van der Waals surface area contributed by atoms with E-state index in [-0.39, 0.29) is 11.9 Å². The van der Waals surface area contributed by atoms with E-state index in [4.69, 9.17) is 9.73 Å². The Balaban J connectivity index is 1.71. The first-order valence-electron chi connectivity index (χ1n) is 10.4. The normalized spacial score (nSPS) is 18.2. The van der Waals surface area contributed by atoms with Crippen LogP contribution in [0.4, 0.5) is 5.69 Å². The molecule has 0 radical (unpaired) electrons. The van der Waals surface area contributed by atoms with Crippen LogP contribution >= 0.6 is 0 Å². The van der Waals surface area contributed by atoms with Crippen LogP contribution < -0.4 is 15.0 Å². The Bertz CT molecular complexity index is 1150. The molecule has 3 aromatic rings. The van der Waals surface area contributed by atoms with E-state index in [0.717, 1.165) is 33.8 Å². The van der Waals surface area contributed by atoms with Crippen molar-refractivity contribution in [1.29, 1.82) is 0 Å². The maximum absolute atomic E-state index is 13.7. The van der Waals surface area contributed by atoms with Gasteiger partial charge >= 0.3 is 0 Å². The van der Waals surface area contributed by atoms with Crippen LogP contribution in [0, 0.1) is 0 Å². The maximum atomic E-state index is 13.7. The number of benzene rings is 3. The zero-order chi connectivity index (χ0) is 21.2. The predicted molar refractivity (Wildman–Crippen MR) is 123 cm³/mol. The van der Waals surface area contributed by atoms with Crippen molar-refractivity contribution in [2.24, 2.45) is 4.99 Å². The lowest BCUT2D eigenvalue weighted by molar-refractivity contribution is -0.115. The second-order valence-corrected chi connectivity index (χ2v) is 7.50. The second-order valence-electron chi connectivity index (χ2n) is 7.50. The summed E-state index contributed by atoms with van der Waals surface area (Å²) in [6.07, 6.45) is 0. The minimum Gasteiger partial charge on any atom is -0.497 e. The average molecular weight is 409 g/mol. The van der Waals surface area contributed by atoms with Gasteiger partial charge in [-0.25, -0.2) is 0 Å². The van der Waals surface area contributed by atoms with Crippen LogP contribution in [0.3, 0.4) is 0 Å². The van der Waals surface area contributed by atoms with Gasteiger partial charge in [0.2, 0.25) is 0 Å². The van der Waals surface area contributed by atoms with E-state index in [1.54, 1.807) is 7.11 Å². The van der Waals surface area contributed by atoms with Crippen LogP contribution in [0.2, 0.25) is 0 Å². The molecular formula is C26H23N3O2. The number of hydrogen-bond donors (Lipinski definition) is 1. The highest BCUT2D eigenvalue weighted by atomic mass is 16.5. The lowest BCUT2D eigenvalue weighted by Gasteiger charge is -2.28. The van der Waals surface area contributed by atoms with Crippen molar-refractivity contribution in [1.82, 2.24) is 5.32 Å². The number of para-hydroxylation sites is 1. The molecule has 1 amide bonds. The molecule has 0 aromatic heterocycles. The van der Waals surface area contributed by atoms with Crippen LogP contribution in [0.1, 0.15) is 17.2 Å². The minimum atomic E-state index is -0.291. The molecule has 1 N–H and O–H groups in total. The highest BCUT2D eigenvalue weighted by Gasteiger charge is 2.43. The van der Waals surface area contributed by atoms with Gasteiger partial charge in [0.25, 0.3) is 5.91 Å². The smallest absolute Gasteiger partial charge is 0.275 e. The van der Waals surface area contributed by atoms with Gasteiger partial charge in [-0.05, 0) is 29.8 Å².